The summed E-state index contributed by atoms with van der Waals surface area (Å²) < 4.78 is 2.89. The molecule has 0 atom stereocenters. The third kappa shape index (κ3) is 5.04. The highest BCUT2D eigenvalue weighted by Crippen LogP contribution is 2.16. The molecule has 2 aromatic heterocycles. The van der Waals surface area contributed by atoms with E-state index in [-0.39, 0.29) is 0 Å². The number of pyridine rings is 2. The van der Waals surface area contributed by atoms with Gasteiger partial charge in [-0.1, -0.05) is 0 Å². The van der Waals surface area contributed by atoms with Gasteiger partial charge >= 0.3 is 0 Å². The molecule has 0 radical (unpaired) electrons. The van der Waals surface area contributed by atoms with E-state index in [1.807, 2.05) is 26.0 Å². The van der Waals surface area contributed by atoms with E-state index in [2.05, 4.69) is 57.8 Å². The lowest BCUT2D eigenvalue weighted by Gasteiger charge is -1.96. The number of aromatic nitrogens is 2. The van der Waals surface area contributed by atoms with Gasteiger partial charge in [-0.2, -0.15) is 0 Å². The average molecular weight is 438 g/mol. The van der Waals surface area contributed by atoms with Crippen LogP contribution in [-0.4, -0.2) is 9.97 Å². The van der Waals surface area contributed by atoms with Crippen molar-refractivity contribution in [1.29, 1.82) is 0 Å². The molecule has 18 heavy (non-hydrogen) atoms. The molecular formula is C12H12Br3N3. The van der Waals surface area contributed by atoms with Crippen LogP contribution >= 0.6 is 47.8 Å². The number of nitrogens with zero attached hydrogens (tertiary/aromatic N) is 2. The number of nitrogen functional groups attached to an aromatic ring is 1. The van der Waals surface area contributed by atoms with E-state index < -0.39 is 0 Å². The summed E-state index contributed by atoms with van der Waals surface area (Å²) in [4.78, 5) is 7.96. The Labute approximate surface area is 132 Å². The van der Waals surface area contributed by atoms with E-state index in [0.29, 0.717) is 5.82 Å². The van der Waals surface area contributed by atoms with Crippen LogP contribution in [0, 0.1) is 13.8 Å². The molecule has 0 aliphatic carbocycles. The quantitative estimate of drug-likeness (QED) is 0.610. The first-order valence-electron chi connectivity index (χ1n) is 5.05. The molecule has 0 spiro atoms. The second-order valence-corrected chi connectivity index (χ2v) is 6.20. The summed E-state index contributed by atoms with van der Waals surface area (Å²) >= 11 is 9.89. The summed E-state index contributed by atoms with van der Waals surface area (Å²) in [6.07, 6.45) is 3.44. The van der Waals surface area contributed by atoms with Crippen LogP contribution in [0.5, 0.6) is 0 Å². The number of hydrogen-bond donors (Lipinski definition) is 1. The molecular weight excluding hydrogens is 426 g/mol. The summed E-state index contributed by atoms with van der Waals surface area (Å²) in [6.45, 7) is 3.93. The number of halogens is 3. The molecule has 0 unspecified atom stereocenters. The van der Waals surface area contributed by atoms with Gasteiger partial charge in [0.25, 0.3) is 0 Å². The number of nitrogens with two attached hydrogens (primary N) is 1. The number of hydrogen-bond acceptors (Lipinski definition) is 3. The molecule has 96 valence electrons. The van der Waals surface area contributed by atoms with Crippen LogP contribution in [0.25, 0.3) is 0 Å². The van der Waals surface area contributed by atoms with Gasteiger partial charge in [0.15, 0.2) is 0 Å². The first-order chi connectivity index (χ1) is 8.40. The van der Waals surface area contributed by atoms with Crippen LogP contribution in [0.1, 0.15) is 11.1 Å². The molecule has 0 fully saturated rings. The van der Waals surface area contributed by atoms with Crippen molar-refractivity contribution in [2.24, 2.45) is 0 Å². The van der Waals surface area contributed by atoms with E-state index in [0.717, 1.165) is 24.7 Å². The lowest BCUT2D eigenvalue weighted by atomic mass is 10.3. The molecule has 6 heteroatoms. The van der Waals surface area contributed by atoms with Gasteiger partial charge in [0.05, 0.1) is 0 Å². The predicted octanol–water partition coefficient (Wildman–Crippen LogP) is 4.65. The van der Waals surface area contributed by atoms with Gasteiger partial charge in [0, 0.05) is 21.3 Å². The van der Waals surface area contributed by atoms with E-state index in [4.69, 9.17) is 5.73 Å². The number of aryl methyl sites for hydroxylation is 2. The molecule has 3 nitrogen and oxygen atoms in total. The smallest absolute Gasteiger partial charge is 0.126 e. The van der Waals surface area contributed by atoms with Crippen molar-refractivity contribution in [2.75, 3.05) is 5.73 Å². The van der Waals surface area contributed by atoms with Crippen LogP contribution < -0.4 is 5.73 Å². The maximum absolute atomic E-state index is 5.46. The van der Waals surface area contributed by atoms with Crippen molar-refractivity contribution in [1.82, 2.24) is 9.97 Å². The van der Waals surface area contributed by atoms with E-state index >= 15 is 0 Å². The Balaban J connectivity index is 0.000000180. The van der Waals surface area contributed by atoms with Gasteiger partial charge in [-0.05, 0) is 84.9 Å². The Bertz CT molecular complexity index is 495. The van der Waals surface area contributed by atoms with Crippen molar-refractivity contribution >= 4 is 53.6 Å². The Morgan fingerprint density at radius 3 is 1.78 bits per heavy atom. The van der Waals surface area contributed by atoms with Gasteiger partial charge in [0.2, 0.25) is 0 Å². The second kappa shape index (κ2) is 7.21. The fraction of sp³-hybridized carbons (Fsp3) is 0.167. The maximum Gasteiger partial charge on any atom is 0.126 e. The summed E-state index contributed by atoms with van der Waals surface area (Å²) in [7, 11) is 0. The largest absolute Gasteiger partial charge is 0.383 e. The predicted molar refractivity (Wildman–Crippen MR) is 85.5 cm³/mol. The summed E-state index contributed by atoms with van der Waals surface area (Å²) in [5.74, 6) is 0.596. The fourth-order valence-electron chi connectivity index (χ4n) is 1.07. The first-order valence-corrected chi connectivity index (χ1v) is 7.43. The summed E-state index contributed by atoms with van der Waals surface area (Å²) in [5, 5.41) is 0. The third-order valence-corrected chi connectivity index (χ3v) is 3.76. The van der Waals surface area contributed by atoms with E-state index in [1.165, 1.54) is 0 Å². The van der Waals surface area contributed by atoms with Crippen molar-refractivity contribution in [2.45, 2.75) is 13.8 Å². The van der Waals surface area contributed by atoms with Gasteiger partial charge in [-0.3, -0.25) is 0 Å². The number of rotatable bonds is 0. The normalized spacial score (nSPS) is 9.61. The molecule has 0 amide bonds. The topological polar surface area (TPSA) is 51.8 Å². The summed E-state index contributed by atoms with van der Waals surface area (Å²) in [5.41, 5.74) is 7.60. The Morgan fingerprint density at radius 1 is 0.889 bits per heavy atom. The highest BCUT2D eigenvalue weighted by molar-refractivity contribution is 9.11. The van der Waals surface area contributed by atoms with Gasteiger partial charge in [0.1, 0.15) is 10.4 Å². The van der Waals surface area contributed by atoms with Crippen LogP contribution in [0.2, 0.25) is 0 Å². The molecule has 0 aromatic carbocycles. The number of anilines is 1. The lowest BCUT2D eigenvalue weighted by Crippen LogP contribution is -1.91. The van der Waals surface area contributed by atoms with Crippen molar-refractivity contribution in [3.05, 3.63) is 49.2 Å². The van der Waals surface area contributed by atoms with Crippen LogP contribution in [0.3, 0.4) is 0 Å². The van der Waals surface area contributed by atoms with E-state index in [9.17, 15) is 0 Å². The fourth-order valence-corrected chi connectivity index (χ4v) is 2.18. The molecule has 0 saturated carbocycles. The first kappa shape index (κ1) is 15.6. The Morgan fingerprint density at radius 2 is 1.39 bits per heavy atom. The highest BCUT2D eigenvalue weighted by atomic mass is 79.9. The van der Waals surface area contributed by atoms with Crippen LogP contribution in [0.15, 0.2) is 38.1 Å². The second-order valence-electron chi connectivity index (χ2n) is 3.62. The molecule has 2 rings (SSSR count). The van der Waals surface area contributed by atoms with Crippen LogP contribution in [0.4, 0.5) is 5.82 Å². The zero-order chi connectivity index (χ0) is 13.7. The lowest BCUT2D eigenvalue weighted by molar-refractivity contribution is 1.20. The van der Waals surface area contributed by atoms with Crippen molar-refractivity contribution in [3.8, 4) is 0 Å². The average Bonchev–Trinajstić information content (AvgIpc) is 2.30. The van der Waals surface area contributed by atoms with E-state index in [1.54, 1.807) is 12.4 Å². The highest BCUT2D eigenvalue weighted by Gasteiger charge is 1.94. The molecule has 0 aliphatic heterocycles. The SMILES string of the molecule is Cc1cc(Br)cnc1Br.Cc1cc(Br)cnc1N. The van der Waals surface area contributed by atoms with Gasteiger partial charge in [-0.25, -0.2) is 9.97 Å². The summed E-state index contributed by atoms with van der Waals surface area (Å²) in [6, 6.07) is 3.94. The minimum absolute atomic E-state index is 0.596. The zero-order valence-corrected chi connectivity index (χ0v) is 14.7. The molecule has 2 aromatic rings. The van der Waals surface area contributed by atoms with Crippen molar-refractivity contribution in [3.63, 3.8) is 0 Å². The van der Waals surface area contributed by atoms with Crippen molar-refractivity contribution < 1.29 is 0 Å². The maximum atomic E-state index is 5.46. The Hall–Kier alpha value is -0.460. The zero-order valence-electron chi connectivity index (χ0n) is 9.92. The minimum atomic E-state index is 0.596. The molecule has 2 N–H and O–H groups in total. The monoisotopic (exact) mass is 435 g/mol. The molecule has 0 saturated heterocycles. The Kier molecular flexibility index (Phi) is 6.25. The molecule has 0 aliphatic rings. The molecule has 0 bridgehead atoms. The molecule has 2 heterocycles. The van der Waals surface area contributed by atoms with Gasteiger partial charge < -0.3 is 5.73 Å². The van der Waals surface area contributed by atoms with Crippen LogP contribution in [-0.2, 0) is 0 Å². The van der Waals surface area contributed by atoms with Gasteiger partial charge in [-0.15, -0.1) is 0 Å². The minimum Gasteiger partial charge on any atom is -0.383 e. The third-order valence-electron chi connectivity index (χ3n) is 2.07. The standard InChI is InChI=1S/C6H5Br2N.C6H7BrN2/c2*1-4-2-5(7)3-9-6(4)8/h2-3H,1H3;2-3H,1H3,(H2,8,9).